The molecule has 1 amide bonds. The summed E-state index contributed by atoms with van der Waals surface area (Å²) in [6, 6.07) is 0. The van der Waals surface area contributed by atoms with Gasteiger partial charge in [-0.2, -0.15) is 0 Å². The third kappa shape index (κ3) is 2.36. The number of hydrogen-bond donors (Lipinski definition) is 3. The second kappa shape index (κ2) is 4.53. The van der Waals surface area contributed by atoms with E-state index in [1.165, 1.54) is 0 Å². The molecule has 5 nitrogen and oxygen atoms in total. The average molecular weight is 254 g/mol. The van der Waals surface area contributed by atoms with Gasteiger partial charge in [-0.15, -0.1) is 0 Å². The summed E-state index contributed by atoms with van der Waals surface area (Å²) in [6.07, 6.45) is 4.60. The van der Waals surface area contributed by atoms with Crippen LogP contribution in [0.1, 0.15) is 46.0 Å². The Morgan fingerprint density at radius 3 is 2.50 bits per heavy atom. The third-order valence-electron chi connectivity index (χ3n) is 4.33. The quantitative estimate of drug-likeness (QED) is 0.696. The van der Waals surface area contributed by atoms with Crippen molar-refractivity contribution >= 4 is 11.9 Å². The summed E-state index contributed by atoms with van der Waals surface area (Å²) in [4.78, 5) is 23.7. The minimum absolute atomic E-state index is 0.0751. The first-order valence-electron chi connectivity index (χ1n) is 6.69. The van der Waals surface area contributed by atoms with Crippen molar-refractivity contribution in [3.63, 3.8) is 0 Å². The molecule has 2 rings (SSSR count). The maximum absolute atomic E-state index is 12.3. The first kappa shape index (κ1) is 13.3. The monoisotopic (exact) mass is 254 g/mol. The van der Waals surface area contributed by atoms with E-state index >= 15 is 0 Å². The number of hydrogen-bond acceptors (Lipinski definition) is 3. The number of nitrogens with one attached hydrogen (secondary N) is 2. The lowest BCUT2D eigenvalue weighted by atomic mass is 9.87. The van der Waals surface area contributed by atoms with Crippen molar-refractivity contribution in [1.29, 1.82) is 0 Å². The molecule has 1 heterocycles. The van der Waals surface area contributed by atoms with Crippen molar-refractivity contribution in [3.8, 4) is 0 Å². The van der Waals surface area contributed by atoms with E-state index in [0.717, 1.165) is 38.6 Å². The number of carbonyl (C=O) groups is 2. The second-order valence-electron chi connectivity index (χ2n) is 5.95. The maximum Gasteiger partial charge on any atom is 0.329 e. The summed E-state index contributed by atoms with van der Waals surface area (Å²) < 4.78 is 0. The van der Waals surface area contributed by atoms with Crippen molar-refractivity contribution in [1.82, 2.24) is 10.6 Å². The Bertz CT molecular complexity index is 359. The van der Waals surface area contributed by atoms with Crippen LogP contribution in [-0.4, -0.2) is 34.6 Å². The highest BCUT2D eigenvalue weighted by molar-refractivity contribution is 5.92. The number of carboxylic acid groups (broad SMARTS) is 1. The number of amides is 1. The van der Waals surface area contributed by atoms with Gasteiger partial charge < -0.3 is 15.7 Å². The van der Waals surface area contributed by atoms with Gasteiger partial charge in [-0.05, 0) is 58.4 Å². The predicted octanol–water partition coefficient (Wildman–Crippen LogP) is 0.888. The van der Waals surface area contributed by atoms with Crippen LogP contribution in [0.4, 0.5) is 0 Å². The van der Waals surface area contributed by atoms with Crippen molar-refractivity contribution in [2.24, 2.45) is 5.92 Å². The number of piperidine rings is 1. The normalized spacial score (nSPS) is 31.4. The van der Waals surface area contributed by atoms with Crippen LogP contribution in [0.5, 0.6) is 0 Å². The highest BCUT2D eigenvalue weighted by Crippen LogP contribution is 2.40. The molecule has 0 bridgehead atoms. The molecule has 2 aliphatic rings. The van der Waals surface area contributed by atoms with Crippen LogP contribution < -0.4 is 10.6 Å². The largest absolute Gasteiger partial charge is 0.480 e. The molecule has 1 aliphatic heterocycles. The van der Waals surface area contributed by atoms with Crippen LogP contribution in [0, 0.1) is 5.92 Å². The van der Waals surface area contributed by atoms with E-state index in [4.69, 9.17) is 0 Å². The molecule has 0 radical (unpaired) electrons. The smallest absolute Gasteiger partial charge is 0.329 e. The Morgan fingerprint density at radius 2 is 2.06 bits per heavy atom. The number of carbonyl (C=O) groups excluding carboxylic acids is 1. The van der Waals surface area contributed by atoms with Crippen molar-refractivity contribution in [3.05, 3.63) is 0 Å². The molecule has 2 fully saturated rings. The van der Waals surface area contributed by atoms with E-state index in [-0.39, 0.29) is 11.8 Å². The van der Waals surface area contributed by atoms with Gasteiger partial charge in [0.25, 0.3) is 0 Å². The Hall–Kier alpha value is -1.10. The lowest BCUT2D eigenvalue weighted by molar-refractivity contribution is -0.149. The van der Waals surface area contributed by atoms with E-state index in [1.807, 2.05) is 6.92 Å². The summed E-state index contributed by atoms with van der Waals surface area (Å²) >= 11 is 0. The Labute approximate surface area is 107 Å². The minimum atomic E-state index is -1.11. The van der Waals surface area contributed by atoms with E-state index in [0.29, 0.717) is 0 Å². The fourth-order valence-corrected chi connectivity index (χ4v) is 2.61. The summed E-state index contributed by atoms with van der Waals surface area (Å²) in [5.74, 6) is -1.04. The standard InChI is InChI=1S/C13H22N2O3/c1-12(7-3-4-8-14-12)10(16)15-13(2,11(17)18)9-5-6-9/h9,14H,3-8H2,1-2H3,(H,15,16)(H,17,18). The van der Waals surface area contributed by atoms with E-state index in [1.54, 1.807) is 6.92 Å². The molecule has 0 aromatic carbocycles. The molecule has 0 spiro atoms. The first-order chi connectivity index (χ1) is 8.38. The summed E-state index contributed by atoms with van der Waals surface area (Å²) in [6.45, 7) is 4.30. The fourth-order valence-electron chi connectivity index (χ4n) is 2.61. The second-order valence-corrected chi connectivity index (χ2v) is 5.95. The SMILES string of the molecule is CC1(C(=O)NC(C)(C(=O)O)C2CC2)CCCCN1. The third-order valence-corrected chi connectivity index (χ3v) is 4.33. The highest BCUT2D eigenvalue weighted by Gasteiger charge is 2.50. The molecule has 102 valence electrons. The zero-order chi connectivity index (χ0) is 13.4. The van der Waals surface area contributed by atoms with Gasteiger partial charge in [0.15, 0.2) is 0 Å². The first-order valence-corrected chi connectivity index (χ1v) is 6.69. The molecular weight excluding hydrogens is 232 g/mol. The summed E-state index contributed by atoms with van der Waals surface area (Å²) in [5, 5.41) is 15.3. The number of carboxylic acids is 1. The van der Waals surface area contributed by atoms with Gasteiger partial charge in [0.1, 0.15) is 5.54 Å². The predicted molar refractivity (Wildman–Crippen MR) is 67.2 cm³/mol. The van der Waals surface area contributed by atoms with E-state index < -0.39 is 17.0 Å². The Kier molecular flexibility index (Phi) is 3.36. The van der Waals surface area contributed by atoms with Crippen molar-refractivity contribution < 1.29 is 14.7 Å². The summed E-state index contributed by atoms with van der Waals surface area (Å²) in [7, 11) is 0. The van der Waals surface area contributed by atoms with Crippen LogP contribution >= 0.6 is 0 Å². The Balaban J connectivity index is 2.07. The van der Waals surface area contributed by atoms with Gasteiger partial charge in [-0.3, -0.25) is 4.79 Å². The average Bonchev–Trinajstić information content (AvgIpc) is 3.13. The van der Waals surface area contributed by atoms with Gasteiger partial charge in [0, 0.05) is 0 Å². The molecule has 1 saturated carbocycles. The molecule has 5 heteroatoms. The van der Waals surface area contributed by atoms with Crippen LogP contribution in [0.2, 0.25) is 0 Å². The molecule has 2 atom stereocenters. The minimum Gasteiger partial charge on any atom is -0.480 e. The van der Waals surface area contributed by atoms with Crippen LogP contribution in [0.25, 0.3) is 0 Å². The van der Waals surface area contributed by atoms with E-state index in [2.05, 4.69) is 10.6 Å². The zero-order valence-corrected chi connectivity index (χ0v) is 11.1. The highest BCUT2D eigenvalue weighted by atomic mass is 16.4. The molecule has 2 unspecified atom stereocenters. The molecule has 3 N–H and O–H groups in total. The molecule has 0 aromatic heterocycles. The van der Waals surface area contributed by atoms with Gasteiger partial charge in [0.05, 0.1) is 5.54 Å². The Morgan fingerprint density at radius 1 is 1.39 bits per heavy atom. The van der Waals surface area contributed by atoms with Crippen LogP contribution in [0.15, 0.2) is 0 Å². The summed E-state index contributed by atoms with van der Waals surface area (Å²) in [5.41, 5.74) is -1.73. The lowest BCUT2D eigenvalue weighted by Crippen LogP contribution is -2.64. The number of aliphatic carboxylic acids is 1. The topological polar surface area (TPSA) is 78.4 Å². The maximum atomic E-state index is 12.3. The van der Waals surface area contributed by atoms with Gasteiger partial charge >= 0.3 is 5.97 Å². The molecule has 1 aliphatic carbocycles. The molecular formula is C13H22N2O3. The molecule has 1 saturated heterocycles. The lowest BCUT2D eigenvalue weighted by Gasteiger charge is -2.37. The molecule has 0 aromatic rings. The van der Waals surface area contributed by atoms with Gasteiger partial charge in [-0.1, -0.05) is 0 Å². The van der Waals surface area contributed by atoms with Gasteiger partial charge in [0.2, 0.25) is 5.91 Å². The zero-order valence-electron chi connectivity index (χ0n) is 11.1. The number of rotatable bonds is 4. The van der Waals surface area contributed by atoms with Crippen LogP contribution in [0.3, 0.4) is 0 Å². The van der Waals surface area contributed by atoms with Gasteiger partial charge in [-0.25, -0.2) is 4.79 Å². The molecule has 18 heavy (non-hydrogen) atoms. The van der Waals surface area contributed by atoms with Crippen molar-refractivity contribution in [2.45, 2.75) is 57.0 Å². The fraction of sp³-hybridized carbons (Fsp3) is 0.846. The van der Waals surface area contributed by atoms with E-state index in [9.17, 15) is 14.7 Å². The van der Waals surface area contributed by atoms with Crippen LogP contribution in [-0.2, 0) is 9.59 Å². The van der Waals surface area contributed by atoms with Crippen molar-refractivity contribution in [2.75, 3.05) is 6.54 Å².